The van der Waals surface area contributed by atoms with Crippen LogP contribution < -0.4 is 26.6 Å². The molecule has 310 valence electrons. The molecule has 0 spiro atoms. The molecule has 0 aromatic carbocycles. The molecule has 0 aromatic heterocycles. The van der Waals surface area contributed by atoms with Gasteiger partial charge in [-0.05, 0) is 50.9 Å². The molecular weight excluding hydrogens is 720 g/mol. The summed E-state index contributed by atoms with van der Waals surface area (Å²) in [5.74, 6) is -7.52. The predicted molar refractivity (Wildman–Crippen MR) is 199 cm³/mol. The Bertz CT molecular complexity index is 1370. The third-order valence-electron chi connectivity index (χ3n) is 8.88. The lowest BCUT2D eigenvalue weighted by molar-refractivity contribution is -0.149. The maximum Gasteiger partial charge on any atom is 0.330 e. The molecule has 0 bridgehead atoms. The van der Waals surface area contributed by atoms with Gasteiger partial charge in [0.15, 0.2) is 0 Å². The van der Waals surface area contributed by atoms with Crippen LogP contribution in [0.2, 0.25) is 0 Å². The number of allylic oxidation sites excluding steroid dienone is 1. The van der Waals surface area contributed by atoms with E-state index in [0.29, 0.717) is 38.5 Å². The van der Waals surface area contributed by atoms with Crippen molar-refractivity contribution in [3.63, 3.8) is 0 Å². The number of nitrogens with one attached hydrogen (secondary N) is 5. The number of hydrogen-bond donors (Lipinski definition) is 7. The maximum absolute atomic E-state index is 13.8. The first-order valence-electron chi connectivity index (χ1n) is 18.9. The van der Waals surface area contributed by atoms with Crippen LogP contribution in [-0.4, -0.2) is 118 Å². The minimum absolute atomic E-state index is 0.0421. The van der Waals surface area contributed by atoms with Gasteiger partial charge in [0.1, 0.15) is 36.3 Å². The smallest absolute Gasteiger partial charge is 0.330 e. The average Bonchev–Trinajstić information content (AvgIpc) is 3.61. The predicted octanol–water partition coefficient (Wildman–Crippen LogP) is 0.917. The van der Waals surface area contributed by atoms with Gasteiger partial charge >= 0.3 is 17.9 Å². The summed E-state index contributed by atoms with van der Waals surface area (Å²) in [6, 6.07) is -7.20. The van der Waals surface area contributed by atoms with Crippen LogP contribution in [0, 0.1) is 5.92 Å². The zero-order valence-electron chi connectivity index (χ0n) is 32.8. The van der Waals surface area contributed by atoms with Crippen molar-refractivity contribution in [2.24, 2.45) is 5.92 Å². The second-order valence-corrected chi connectivity index (χ2v) is 14.0. The van der Waals surface area contributed by atoms with E-state index in [1.165, 1.54) is 18.1 Å². The van der Waals surface area contributed by atoms with Crippen LogP contribution in [0.4, 0.5) is 0 Å². The Morgan fingerprint density at radius 2 is 1.24 bits per heavy atom. The third-order valence-corrected chi connectivity index (χ3v) is 8.88. The number of carbonyl (C=O) groups excluding carboxylic acids is 7. The largest absolute Gasteiger partial charge is 0.481 e. The highest BCUT2D eigenvalue weighted by Gasteiger charge is 2.39. The van der Waals surface area contributed by atoms with Crippen LogP contribution in [0.1, 0.15) is 112 Å². The number of aliphatic carboxylic acids is 2. The van der Waals surface area contributed by atoms with E-state index < -0.39 is 96.0 Å². The van der Waals surface area contributed by atoms with E-state index in [2.05, 4.69) is 31.3 Å². The van der Waals surface area contributed by atoms with Gasteiger partial charge in [-0.15, -0.1) is 0 Å². The Balaban J connectivity index is 3.34. The van der Waals surface area contributed by atoms with Crippen LogP contribution in [-0.2, 0) is 47.9 Å². The third kappa shape index (κ3) is 17.8. The molecule has 1 heterocycles. The van der Waals surface area contributed by atoms with Crippen LogP contribution in [0.25, 0.3) is 0 Å². The number of likely N-dealkylation sites (tertiary alicyclic amines) is 1. The summed E-state index contributed by atoms with van der Waals surface area (Å²) in [6.45, 7) is 8.83. The van der Waals surface area contributed by atoms with E-state index in [0.717, 1.165) is 13.0 Å². The number of amides is 6. The first kappa shape index (κ1) is 48.0. The van der Waals surface area contributed by atoms with Gasteiger partial charge in [-0.25, -0.2) is 9.59 Å². The highest BCUT2D eigenvalue weighted by Crippen LogP contribution is 2.21. The van der Waals surface area contributed by atoms with E-state index in [9.17, 15) is 53.4 Å². The molecule has 55 heavy (non-hydrogen) atoms. The van der Waals surface area contributed by atoms with Crippen LogP contribution in [0.3, 0.4) is 0 Å². The lowest BCUT2D eigenvalue weighted by Crippen LogP contribution is -2.59. The van der Waals surface area contributed by atoms with E-state index in [1.807, 2.05) is 27.7 Å². The summed E-state index contributed by atoms with van der Waals surface area (Å²) in [7, 11) is 1.18. The van der Waals surface area contributed by atoms with E-state index in [1.54, 1.807) is 0 Å². The highest BCUT2D eigenvalue weighted by atomic mass is 16.5. The number of hydrogen-bond acceptors (Lipinski definition) is 10. The molecule has 6 atom stereocenters. The number of carboxylic acids is 2. The van der Waals surface area contributed by atoms with Crippen molar-refractivity contribution in [2.45, 2.75) is 148 Å². The number of ether oxygens (including phenoxy) is 1. The summed E-state index contributed by atoms with van der Waals surface area (Å²) in [5.41, 5.74) is 0. The van der Waals surface area contributed by atoms with Gasteiger partial charge in [0, 0.05) is 19.5 Å². The quantitative estimate of drug-likeness (QED) is 0.0504. The van der Waals surface area contributed by atoms with Gasteiger partial charge in [0.05, 0.1) is 13.5 Å². The molecule has 1 aliphatic heterocycles. The highest BCUT2D eigenvalue weighted by molar-refractivity contribution is 5.97. The fourth-order valence-corrected chi connectivity index (χ4v) is 6.03. The molecule has 1 aliphatic rings. The second kappa shape index (κ2) is 25.1. The van der Waals surface area contributed by atoms with Crippen molar-refractivity contribution in [1.29, 1.82) is 0 Å². The molecule has 18 nitrogen and oxygen atoms in total. The molecule has 0 aromatic rings. The normalized spacial score (nSPS) is 16.6. The summed E-state index contributed by atoms with van der Waals surface area (Å²) in [6.07, 6.45) is 5.44. The fraction of sp³-hybridized carbons (Fsp3) is 0.703. The lowest BCUT2D eigenvalue weighted by Gasteiger charge is -2.30. The van der Waals surface area contributed by atoms with Crippen LogP contribution in [0.15, 0.2) is 12.2 Å². The van der Waals surface area contributed by atoms with Crippen molar-refractivity contribution in [3.8, 4) is 0 Å². The first-order valence-corrected chi connectivity index (χ1v) is 18.9. The second-order valence-electron chi connectivity index (χ2n) is 14.0. The molecule has 18 heteroatoms. The number of unbranched alkanes of at least 4 members (excludes halogenated alkanes) is 2. The van der Waals surface area contributed by atoms with Crippen molar-refractivity contribution in [2.75, 3.05) is 13.7 Å². The molecule has 1 rings (SSSR count). The van der Waals surface area contributed by atoms with Crippen molar-refractivity contribution < 1.29 is 58.1 Å². The van der Waals surface area contributed by atoms with E-state index in [4.69, 9.17) is 0 Å². The summed E-state index contributed by atoms with van der Waals surface area (Å²) in [4.78, 5) is 116. The molecule has 0 unspecified atom stereocenters. The average molecular weight is 781 g/mol. The molecule has 6 amide bonds. The lowest BCUT2D eigenvalue weighted by atomic mass is 10.0. The minimum Gasteiger partial charge on any atom is -0.481 e. The SMILES string of the molecule is CCCC[C@H](NC(=O)[C@H](CC/C=C/C(=O)OC)NC(=O)[C@@H](CC(=O)O)NC(C)=O)C(=O)N[C@@H](CCCC)C(=O)N[C@@H](CC(C)C)C(=O)N1CCC[C@H]1C(=O)O. The van der Waals surface area contributed by atoms with Gasteiger partial charge in [-0.2, -0.15) is 0 Å². The molecule has 0 radical (unpaired) electrons. The van der Waals surface area contributed by atoms with Crippen molar-refractivity contribution >= 4 is 53.4 Å². The van der Waals surface area contributed by atoms with E-state index in [-0.39, 0.29) is 44.6 Å². The summed E-state index contributed by atoms with van der Waals surface area (Å²) >= 11 is 0. The van der Waals surface area contributed by atoms with Crippen LogP contribution >= 0.6 is 0 Å². The topological polar surface area (TPSA) is 267 Å². The Morgan fingerprint density at radius 3 is 1.67 bits per heavy atom. The van der Waals surface area contributed by atoms with Gasteiger partial charge in [0.25, 0.3) is 0 Å². The van der Waals surface area contributed by atoms with Gasteiger partial charge < -0.3 is 46.4 Å². The number of methoxy groups -OCH3 is 1. The molecular formula is C37H60N6O12. The molecule has 7 N–H and O–H groups in total. The van der Waals surface area contributed by atoms with Gasteiger partial charge in [-0.1, -0.05) is 59.5 Å². The fourth-order valence-electron chi connectivity index (χ4n) is 6.03. The molecule has 1 fully saturated rings. The van der Waals surface area contributed by atoms with Crippen molar-refractivity contribution in [1.82, 2.24) is 31.5 Å². The zero-order chi connectivity index (χ0) is 41.7. The van der Waals surface area contributed by atoms with E-state index >= 15 is 0 Å². The molecule has 1 saturated heterocycles. The Morgan fingerprint density at radius 1 is 0.745 bits per heavy atom. The number of esters is 1. The maximum atomic E-state index is 13.8. The van der Waals surface area contributed by atoms with Gasteiger partial charge in [-0.3, -0.25) is 33.6 Å². The standard InChI is InChI=1S/C37H60N6O12/c1-7-9-14-24(39-33(49)26(16-11-12-18-31(47)55-6)41-35(51)27(21-30(45)46)38-23(5)44)32(48)40-25(15-10-8-2)34(50)42-28(20-22(3)4)36(52)43-19-13-17-29(43)37(53)54/h12,18,22,24-29H,7-11,13-17,19-21H2,1-6H3,(H,38,44)(H,39,49)(H,40,48)(H,41,51)(H,42,50)(H,45,46)(H,53,54)/b18-12+/t24-,25-,26-,27+,28-,29-/m0/s1. The Labute approximate surface area is 322 Å². The summed E-state index contributed by atoms with van der Waals surface area (Å²) < 4.78 is 4.57. The number of rotatable bonds is 25. The summed E-state index contributed by atoms with van der Waals surface area (Å²) in [5, 5.41) is 31.8. The number of nitrogens with zero attached hydrogens (tertiary/aromatic N) is 1. The molecule has 0 saturated carbocycles. The monoisotopic (exact) mass is 780 g/mol. The van der Waals surface area contributed by atoms with Crippen molar-refractivity contribution in [3.05, 3.63) is 12.2 Å². The zero-order valence-corrected chi connectivity index (χ0v) is 32.8. The number of carbonyl (C=O) groups is 9. The minimum atomic E-state index is -1.51. The molecule has 0 aliphatic carbocycles. The Hall–Kier alpha value is -5.03. The van der Waals surface area contributed by atoms with Gasteiger partial charge in [0.2, 0.25) is 35.4 Å². The van der Waals surface area contributed by atoms with Crippen LogP contribution in [0.5, 0.6) is 0 Å². The number of carboxylic acid groups (broad SMARTS) is 2. The first-order chi connectivity index (χ1) is 25.9. The Kier molecular flexibility index (Phi) is 21.9.